The van der Waals surface area contributed by atoms with E-state index >= 15 is 0 Å². The summed E-state index contributed by atoms with van der Waals surface area (Å²) >= 11 is 0. The van der Waals surface area contributed by atoms with Crippen molar-refractivity contribution in [3.8, 4) is 0 Å². The molecular formula is C19H30N4O4. The molecule has 1 unspecified atom stereocenters. The van der Waals surface area contributed by atoms with E-state index in [1.807, 2.05) is 13.8 Å². The number of carbonyl (C=O) groups excluding carboxylic acids is 2. The number of rotatable bonds is 8. The molecule has 1 saturated heterocycles. The van der Waals surface area contributed by atoms with Crippen LogP contribution in [-0.2, 0) is 9.53 Å². The molecule has 1 aromatic heterocycles. The van der Waals surface area contributed by atoms with Gasteiger partial charge in [-0.1, -0.05) is 18.0 Å². The summed E-state index contributed by atoms with van der Waals surface area (Å²) < 4.78 is 10.5. The highest BCUT2D eigenvalue weighted by molar-refractivity contribution is 5.99. The standard InChI is InChI=1S/C19H30N4O4/c1-19(2,12-26-3)20-11-15(24)23-10-6-9-14(23)16(25)17-21-18(27-22-17)13-7-4-5-8-13/h13-14,20H,4-12H2,1-3H3. The monoisotopic (exact) mass is 378 g/mol. The van der Waals surface area contributed by atoms with Crippen LogP contribution in [0.25, 0.3) is 0 Å². The summed E-state index contributed by atoms with van der Waals surface area (Å²) in [5.41, 5.74) is -0.312. The van der Waals surface area contributed by atoms with Crippen LogP contribution in [0.15, 0.2) is 4.52 Å². The van der Waals surface area contributed by atoms with Gasteiger partial charge >= 0.3 is 0 Å². The molecule has 1 aliphatic carbocycles. The van der Waals surface area contributed by atoms with Crippen molar-refractivity contribution in [3.63, 3.8) is 0 Å². The van der Waals surface area contributed by atoms with Crippen LogP contribution >= 0.6 is 0 Å². The van der Waals surface area contributed by atoms with Crippen LogP contribution in [0.3, 0.4) is 0 Å². The molecule has 8 heteroatoms. The average Bonchev–Trinajstić information content (AvgIpc) is 3.39. The number of nitrogens with zero attached hydrogens (tertiary/aromatic N) is 3. The molecule has 0 aromatic carbocycles. The van der Waals surface area contributed by atoms with Crippen LogP contribution in [0.4, 0.5) is 0 Å². The minimum Gasteiger partial charge on any atom is -0.383 e. The van der Waals surface area contributed by atoms with Crippen LogP contribution in [0, 0.1) is 0 Å². The number of Topliss-reactive ketones (excluding diaryl/α,β-unsaturated/α-hetero) is 1. The van der Waals surface area contributed by atoms with Crippen molar-refractivity contribution in [1.82, 2.24) is 20.4 Å². The van der Waals surface area contributed by atoms with Crippen molar-refractivity contribution in [2.45, 2.75) is 69.9 Å². The van der Waals surface area contributed by atoms with Gasteiger partial charge in [-0.3, -0.25) is 9.59 Å². The van der Waals surface area contributed by atoms with Gasteiger partial charge in [-0.05, 0) is 39.5 Å². The fourth-order valence-corrected chi connectivity index (χ4v) is 3.99. The number of likely N-dealkylation sites (tertiary alicyclic amines) is 1. The third-order valence-electron chi connectivity index (χ3n) is 5.47. The smallest absolute Gasteiger partial charge is 0.240 e. The Bertz CT molecular complexity index is 666. The predicted octanol–water partition coefficient (Wildman–Crippen LogP) is 1.92. The number of hydrogen-bond donors (Lipinski definition) is 1. The van der Waals surface area contributed by atoms with Crippen molar-refractivity contribution in [2.24, 2.45) is 0 Å². The number of methoxy groups -OCH3 is 1. The number of amides is 1. The van der Waals surface area contributed by atoms with Gasteiger partial charge in [-0.2, -0.15) is 4.98 Å². The van der Waals surface area contributed by atoms with E-state index in [4.69, 9.17) is 9.26 Å². The Hall–Kier alpha value is -1.80. The zero-order chi connectivity index (χ0) is 19.4. The van der Waals surface area contributed by atoms with Crippen LogP contribution in [-0.4, -0.2) is 65.1 Å². The highest BCUT2D eigenvalue weighted by Gasteiger charge is 2.37. The first-order valence-corrected chi connectivity index (χ1v) is 9.82. The molecule has 0 spiro atoms. The van der Waals surface area contributed by atoms with E-state index < -0.39 is 6.04 Å². The maximum absolute atomic E-state index is 12.9. The fourth-order valence-electron chi connectivity index (χ4n) is 3.99. The van der Waals surface area contributed by atoms with Crippen molar-refractivity contribution < 1.29 is 18.8 Å². The molecule has 2 heterocycles. The molecule has 2 fully saturated rings. The molecule has 1 aromatic rings. The number of nitrogens with one attached hydrogen (secondary N) is 1. The van der Waals surface area contributed by atoms with Crippen molar-refractivity contribution in [2.75, 3.05) is 26.8 Å². The first-order chi connectivity index (χ1) is 12.9. The highest BCUT2D eigenvalue weighted by atomic mass is 16.5. The van der Waals surface area contributed by atoms with E-state index in [1.165, 1.54) is 0 Å². The predicted molar refractivity (Wildman–Crippen MR) is 98.5 cm³/mol. The number of aromatic nitrogens is 2. The Morgan fingerprint density at radius 1 is 1.26 bits per heavy atom. The van der Waals surface area contributed by atoms with Gasteiger partial charge in [0, 0.05) is 25.1 Å². The van der Waals surface area contributed by atoms with Crippen molar-refractivity contribution in [3.05, 3.63) is 11.7 Å². The zero-order valence-electron chi connectivity index (χ0n) is 16.5. The fraction of sp³-hybridized carbons (Fsp3) is 0.789. The number of ether oxygens (including phenoxy) is 1. The molecule has 1 N–H and O–H groups in total. The van der Waals surface area contributed by atoms with Gasteiger partial charge in [-0.15, -0.1) is 0 Å². The SMILES string of the molecule is COCC(C)(C)NCC(=O)N1CCCC1C(=O)c1noc(C2CCCC2)n1. The number of carbonyl (C=O) groups is 2. The van der Waals surface area contributed by atoms with E-state index in [0.29, 0.717) is 25.5 Å². The minimum absolute atomic E-state index is 0.0884. The van der Waals surface area contributed by atoms with Gasteiger partial charge < -0.3 is 19.5 Å². The Morgan fingerprint density at radius 2 is 2.00 bits per heavy atom. The summed E-state index contributed by atoms with van der Waals surface area (Å²) in [4.78, 5) is 31.5. The van der Waals surface area contributed by atoms with Crippen LogP contribution < -0.4 is 5.32 Å². The number of hydrogen-bond acceptors (Lipinski definition) is 7. The molecule has 150 valence electrons. The van der Waals surface area contributed by atoms with Gasteiger partial charge in [0.15, 0.2) is 0 Å². The highest BCUT2D eigenvalue weighted by Crippen LogP contribution is 2.33. The molecule has 27 heavy (non-hydrogen) atoms. The molecule has 1 amide bonds. The second-order valence-corrected chi connectivity index (χ2v) is 8.22. The molecule has 2 aliphatic rings. The third kappa shape index (κ3) is 4.73. The molecule has 0 radical (unpaired) electrons. The summed E-state index contributed by atoms with van der Waals surface area (Å²) in [7, 11) is 1.63. The van der Waals surface area contributed by atoms with Crippen molar-refractivity contribution in [1.29, 1.82) is 0 Å². The minimum atomic E-state index is -0.501. The lowest BCUT2D eigenvalue weighted by Gasteiger charge is -2.28. The van der Waals surface area contributed by atoms with Crippen LogP contribution in [0.1, 0.15) is 74.8 Å². The lowest BCUT2D eigenvalue weighted by Crippen LogP contribution is -2.50. The molecule has 1 aliphatic heterocycles. The summed E-state index contributed by atoms with van der Waals surface area (Å²) in [6, 6.07) is -0.501. The molecule has 8 nitrogen and oxygen atoms in total. The zero-order valence-corrected chi connectivity index (χ0v) is 16.5. The molecular weight excluding hydrogens is 348 g/mol. The molecule has 1 saturated carbocycles. The van der Waals surface area contributed by atoms with E-state index in [0.717, 1.165) is 32.1 Å². The third-order valence-corrected chi connectivity index (χ3v) is 5.47. The van der Waals surface area contributed by atoms with Crippen molar-refractivity contribution >= 4 is 11.7 Å². The lowest BCUT2D eigenvalue weighted by atomic mass is 10.1. The molecule has 0 bridgehead atoms. The summed E-state index contributed by atoms with van der Waals surface area (Å²) in [6.07, 6.45) is 5.83. The largest absolute Gasteiger partial charge is 0.383 e. The van der Waals surface area contributed by atoms with Gasteiger partial charge in [0.05, 0.1) is 19.2 Å². The quantitative estimate of drug-likeness (QED) is 0.690. The average molecular weight is 378 g/mol. The van der Waals surface area contributed by atoms with Crippen LogP contribution in [0.2, 0.25) is 0 Å². The van der Waals surface area contributed by atoms with Gasteiger partial charge in [0.2, 0.25) is 23.4 Å². The second kappa shape index (κ2) is 8.48. The first kappa shape index (κ1) is 19.9. The Balaban J connectivity index is 1.61. The van der Waals surface area contributed by atoms with E-state index in [2.05, 4.69) is 15.5 Å². The maximum Gasteiger partial charge on any atom is 0.240 e. The lowest BCUT2D eigenvalue weighted by molar-refractivity contribution is -0.130. The van der Waals surface area contributed by atoms with Gasteiger partial charge in [0.1, 0.15) is 0 Å². The van der Waals surface area contributed by atoms with Crippen LogP contribution in [0.5, 0.6) is 0 Å². The Kier molecular flexibility index (Phi) is 6.26. The Labute approximate surface area is 160 Å². The summed E-state index contributed by atoms with van der Waals surface area (Å²) in [5.74, 6) is 0.635. The second-order valence-electron chi connectivity index (χ2n) is 8.22. The van der Waals surface area contributed by atoms with E-state index in [9.17, 15) is 9.59 Å². The Morgan fingerprint density at radius 3 is 2.70 bits per heavy atom. The number of ketones is 1. The summed E-state index contributed by atoms with van der Waals surface area (Å²) in [6.45, 7) is 5.19. The normalized spacial score (nSPS) is 21.1. The molecule has 1 atom stereocenters. The van der Waals surface area contributed by atoms with E-state index in [1.54, 1.807) is 12.0 Å². The van der Waals surface area contributed by atoms with E-state index in [-0.39, 0.29) is 35.5 Å². The topological polar surface area (TPSA) is 97.6 Å². The van der Waals surface area contributed by atoms with Gasteiger partial charge in [0.25, 0.3) is 0 Å². The van der Waals surface area contributed by atoms with Gasteiger partial charge in [-0.25, -0.2) is 0 Å². The summed E-state index contributed by atoms with van der Waals surface area (Å²) in [5, 5.41) is 7.10. The molecule has 3 rings (SSSR count). The first-order valence-electron chi connectivity index (χ1n) is 9.82. The maximum atomic E-state index is 12.9.